The Morgan fingerprint density at radius 3 is 2.52 bits per heavy atom. The summed E-state index contributed by atoms with van der Waals surface area (Å²) < 4.78 is 16.9. The van der Waals surface area contributed by atoms with E-state index < -0.39 is 0 Å². The summed E-state index contributed by atoms with van der Waals surface area (Å²) in [5.74, 6) is 3.15. The predicted octanol–water partition coefficient (Wildman–Crippen LogP) is 4.44. The molecule has 0 fully saturated rings. The van der Waals surface area contributed by atoms with Crippen LogP contribution in [-0.2, 0) is 5.75 Å². The third-order valence-electron chi connectivity index (χ3n) is 4.37. The lowest BCUT2D eigenvalue weighted by Gasteiger charge is -2.06. The first-order chi connectivity index (χ1) is 15.3. The lowest BCUT2D eigenvalue weighted by Crippen LogP contribution is -2.10. The van der Waals surface area contributed by atoms with Crippen LogP contribution in [0.15, 0.2) is 76.4 Å². The number of hydrogen-bond donors (Lipinski definition) is 1. The fraction of sp³-hybridized carbons (Fsp3) is 0.174. The second-order valence-corrected chi connectivity index (χ2v) is 7.49. The molecule has 0 aliphatic heterocycles. The Hall–Kier alpha value is -3.36. The van der Waals surface area contributed by atoms with Gasteiger partial charge in [0.2, 0.25) is 11.8 Å². The van der Waals surface area contributed by atoms with Crippen molar-refractivity contribution in [2.45, 2.75) is 10.8 Å². The van der Waals surface area contributed by atoms with Gasteiger partial charge in [0.15, 0.2) is 5.76 Å². The van der Waals surface area contributed by atoms with Crippen molar-refractivity contribution in [3.05, 3.63) is 72.9 Å². The van der Waals surface area contributed by atoms with Crippen LogP contribution in [0.4, 0.5) is 0 Å². The molecule has 0 saturated carbocycles. The van der Waals surface area contributed by atoms with E-state index in [1.165, 1.54) is 0 Å². The zero-order chi connectivity index (χ0) is 21.5. The monoisotopic (exact) mass is 434 g/mol. The van der Waals surface area contributed by atoms with E-state index in [4.69, 9.17) is 24.6 Å². The number of pyridine rings is 2. The maximum Gasteiger partial charge on any atom is 0.212 e. The van der Waals surface area contributed by atoms with Crippen LogP contribution in [0, 0.1) is 0 Å². The molecule has 3 aromatic heterocycles. The number of methoxy groups -OCH3 is 1. The quantitative estimate of drug-likeness (QED) is 0.386. The summed E-state index contributed by atoms with van der Waals surface area (Å²) in [4.78, 5) is 13.4. The Morgan fingerprint density at radius 2 is 1.84 bits per heavy atom. The number of oxazole rings is 1. The Bertz CT molecular complexity index is 1100. The summed E-state index contributed by atoms with van der Waals surface area (Å²) in [5, 5.41) is 0.913. The minimum Gasteiger partial charge on any atom is -0.492 e. The zero-order valence-electron chi connectivity index (χ0n) is 17.0. The van der Waals surface area contributed by atoms with Crippen molar-refractivity contribution in [1.29, 1.82) is 0 Å². The smallest absolute Gasteiger partial charge is 0.212 e. The van der Waals surface area contributed by atoms with Gasteiger partial charge in [0.05, 0.1) is 17.9 Å². The molecule has 0 spiro atoms. The molecule has 0 aliphatic rings. The van der Waals surface area contributed by atoms with Crippen molar-refractivity contribution in [1.82, 2.24) is 15.0 Å². The van der Waals surface area contributed by atoms with Gasteiger partial charge in [-0.05, 0) is 42.5 Å². The number of rotatable bonds is 9. The Balaban J connectivity index is 1.64. The van der Waals surface area contributed by atoms with E-state index in [1.807, 2.05) is 48.5 Å². The van der Waals surface area contributed by atoms with Gasteiger partial charge in [0.1, 0.15) is 18.1 Å². The van der Waals surface area contributed by atoms with Gasteiger partial charge >= 0.3 is 0 Å². The van der Waals surface area contributed by atoms with Gasteiger partial charge in [-0.3, -0.25) is 0 Å². The Kier molecular flexibility index (Phi) is 6.81. The molecule has 0 atom stereocenters. The zero-order valence-corrected chi connectivity index (χ0v) is 17.8. The molecule has 4 aromatic rings. The van der Waals surface area contributed by atoms with E-state index in [9.17, 15) is 0 Å². The number of ether oxygens (including phenoxy) is 2. The molecule has 7 nitrogen and oxygen atoms in total. The molecule has 0 amide bonds. The minimum atomic E-state index is 0.468. The van der Waals surface area contributed by atoms with E-state index in [2.05, 4.69) is 9.97 Å². The van der Waals surface area contributed by atoms with Crippen LogP contribution in [0.2, 0.25) is 0 Å². The van der Waals surface area contributed by atoms with Gasteiger partial charge in [-0.1, -0.05) is 17.8 Å². The number of nitrogens with two attached hydrogens (primary N) is 1. The molecule has 3 heterocycles. The van der Waals surface area contributed by atoms with Crippen molar-refractivity contribution < 1.29 is 13.9 Å². The van der Waals surface area contributed by atoms with Gasteiger partial charge in [-0.2, -0.15) is 0 Å². The third-order valence-corrected chi connectivity index (χ3v) is 5.30. The van der Waals surface area contributed by atoms with E-state index in [1.54, 1.807) is 37.3 Å². The van der Waals surface area contributed by atoms with Crippen molar-refractivity contribution >= 4 is 11.8 Å². The maximum absolute atomic E-state index is 6.18. The van der Waals surface area contributed by atoms with Crippen LogP contribution in [0.1, 0.15) is 5.89 Å². The van der Waals surface area contributed by atoms with Crippen molar-refractivity contribution in [3.63, 3.8) is 0 Å². The molecular formula is C23H22N4O3S. The topological polar surface area (TPSA) is 96.3 Å². The molecule has 31 heavy (non-hydrogen) atoms. The average molecular weight is 435 g/mol. The summed E-state index contributed by atoms with van der Waals surface area (Å²) in [7, 11) is 1.59. The molecule has 0 radical (unpaired) electrons. The largest absolute Gasteiger partial charge is 0.492 e. The lowest BCUT2D eigenvalue weighted by atomic mass is 10.1. The van der Waals surface area contributed by atoms with Crippen LogP contribution < -0.4 is 15.2 Å². The second-order valence-electron chi connectivity index (χ2n) is 6.49. The van der Waals surface area contributed by atoms with Crippen LogP contribution in [-0.4, -0.2) is 35.2 Å². The number of hydrogen-bond acceptors (Lipinski definition) is 8. The fourth-order valence-corrected chi connectivity index (χ4v) is 3.61. The summed E-state index contributed by atoms with van der Waals surface area (Å²) in [6.07, 6.45) is 3.50. The maximum atomic E-state index is 6.18. The number of aromatic nitrogens is 3. The summed E-state index contributed by atoms with van der Waals surface area (Å²) in [6, 6.07) is 17.2. The number of nitrogens with zero attached hydrogens (tertiary/aromatic N) is 3. The number of thioether (sulfide) groups is 1. The normalized spacial score (nSPS) is 10.8. The molecule has 4 rings (SSSR count). The van der Waals surface area contributed by atoms with Gasteiger partial charge in [0.25, 0.3) is 0 Å². The highest BCUT2D eigenvalue weighted by atomic mass is 32.2. The van der Waals surface area contributed by atoms with Crippen LogP contribution in [0.5, 0.6) is 11.6 Å². The van der Waals surface area contributed by atoms with Crippen molar-refractivity contribution in [3.8, 4) is 34.2 Å². The molecular weight excluding hydrogens is 412 g/mol. The highest BCUT2D eigenvalue weighted by Gasteiger charge is 2.18. The first-order valence-electron chi connectivity index (χ1n) is 9.74. The second kappa shape index (κ2) is 10.1. The lowest BCUT2D eigenvalue weighted by molar-refractivity contribution is 0.328. The summed E-state index contributed by atoms with van der Waals surface area (Å²) in [6.45, 7) is 0.940. The van der Waals surface area contributed by atoms with E-state index >= 15 is 0 Å². The van der Waals surface area contributed by atoms with Gasteiger partial charge < -0.3 is 19.6 Å². The first-order valence-corrected chi connectivity index (χ1v) is 10.7. The van der Waals surface area contributed by atoms with E-state index in [0.717, 1.165) is 27.6 Å². The molecule has 0 bridgehead atoms. The summed E-state index contributed by atoms with van der Waals surface area (Å²) >= 11 is 1.57. The van der Waals surface area contributed by atoms with Crippen molar-refractivity contribution in [2.24, 2.45) is 5.73 Å². The van der Waals surface area contributed by atoms with Crippen LogP contribution in [0.25, 0.3) is 22.6 Å². The van der Waals surface area contributed by atoms with Gasteiger partial charge in [-0.15, -0.1) is 0 Å². The molecule has 0 unspecified atom stereocenters. The van der Waals surface area contributed by atoms with E-state index in [-0.39, 0.29) is 0 Å². The van der Waals surface area contributed by atoms with Gasteiger partial charge in [-0.25, -0.2) is 15.0 Å². The van der Waals surface area contributed by atoms with Crippen LogP contribution >= 0.6 is 11.8 Å². The third kappa shape index (κ3) is 5.22. The SMILES string of the molecule is COc1ccc(-c2nc(CSc3ccccn3)oc2-c2ccc(OCCN)cc2)cn1. The molecule has 158 valence electrons. The minimum absolute atomic E-state index is 0.468. The Morgan fingerprint density at radius 1 is 1.00 bits per heavy atom. The summed E-state index contributed by atoms with van der Waals surface area (Å²) in [5.41, 5.74) is 7.97. The van der Waals surface area contributed by atoms with Gasteiger partial charge in [0, 0.05) is 36.1 Å². The first kappa shape index (κ1) is 20.9. The molecule has 0 aliphatic carbocycles. The average Bonchev–Trinajstić information content (AvgIpc) is 3.27. The van der Waals surface area contributed by atoms with Crippen molar-refractivity contribution in [2.75, 3.05) is 20.3 Å². The van der Waals surface area contributed by atoms with E-state index in [0.29, 0.717) is 36.4 Å². The van der Waals surface area contributed by atoms with Crippen LogP contribution in [0.3, 0.4) is 0 Å². The Labute approximate surface area is 184 Å². The highest BCUT2D eigenvalue weighted by molar-refractivity contribution is 7.98. The molecule has 0 saturated heterocycles. The number of benzene rings is 1. The molecule has 1 aromatic carbocycles. The predicted molar refractivity (Wildman–Crippen MR) is 120 cm³/mol. The highest BCUT2D eigenvalue weighted by Crippen LogP contribution is 2.35. The standard InChI is InChI=1S/C23H22N4O3S/c1-28-19-10-7-17(14-26-19)22-23(16-5-8-18(9-6-16)29-13-11-24)30-20(27-22)15-31-21-4-2-3-12-25-21/h2-10,12,14H,11,13,15,24H2,1H3. The molecule has 2 N–H and O–H groups in total. The molecule has 8 heteroatoms. The fourth-order valence-electron chi connectivity index (χ4n) is 2.91.